The van der Waals surface area contributed by atoms with Crippen molar-refractivity contribution in [3.63, 3.8) is 0 Å². The first-order chi connectivity index (χ1) is 12.6. The van der Waals surface area contributed by atoms with E-state index in [0.717, 1.165) is 10.6 Å². The number of hydrogen-bond acceptors (Lipinski definition) is 5. The normalized spacial score (nSPS) is 10.5. The molecule has 2 aromatic heterocycles. The molecule has 3 aromatic rings. The Balaban J connectivity index is 1.77. The lowest BCUT2D eigenvalue weighted by molar-refractivity contribution is -0.115. The first-order valence-electron chi connectivity index (χ1n) is 8.23. The van der Waals surface area contributed by atoms with Gasteiger partial charge in [-0.05, 0) is 43.5 Å². The van der Waals surface area contributed by atoms with Gasteiger partial charge in [-0.2, -0.15) is 5.10 Å². The Morgan fingerprint density at radius 3 is 2.85 bits per heavy atom. The highest BCUT2D eigenvalue weighted by atomic mass is 32.1. The number of anilines is 1. The third-order valence-electron chi connectivity index (χ3n) is 3.79. The Hall–Kier alpha value is -2.93. The molecular weight excluding hydrogens is 350 g/mol. The lowest BCUT2D eigenvalue weighted by atomic mass is 10.2. The van der Waals surface area contributed by atoms with Crippen LogP contribution in [-0.2, 0) is 16.0 Å². The van der Waals surface area contributed by atoms with E-state index in [1.165, 1.54) is 6.20 Å². The van der Waals surface area contributed by atoms with E-state index >= 15 is 0 Å². The Morgan fingerprint density at radius 2 is 2.12 bits per heavy atom. The minimum absolute atomic E-state index is 0.0750. The minimum atomic E-state index is -0.392. The van der Waals surface area contributed by atoms with E-state index in [-0.39, 0.29) is 5.91 Å². The molecule has 0 fully saturated rings. The SMILES string of the molecule is CCOC(=O)c1cnn(-c2cccc(NC(=O)Cc3cccs3)c2)c1C. The largest absolute Gasteiger partial charge is 0.462 e. The van der Waals surface area contributed by atoms with Gasteiger partial charge >= 0.3 is 5.97 Å². The van der Waals surface area contributed by atoms with E-state index in [4.69, 9.17) is 4.74 Å². The maximum absolute atomic E-state index is 12.2. The van der Waals surface area contributed by atoms with E-state index in [1.807, 2.05) is 41.8 Å². The zero-order chi connectivity index (χ0) is 18.5. The Labute approximate surface area is 155 Å². The van der Waals surface area contributed by atoms with Crippen LogP contribution in [-0.4, -0.2) is 28.3 Å². The number of amides is 1. The fraction of sp³-hybridized carbons (Fsp3) is 0.211. The second kappa shape index (κ2) is 7.97. The van der Waals surface area contributed by atoms with Gasteiger partial charge in [0.15, 0.2) is 0 Å². The van der Waals surface area contributed by atoms with Gasteiger partial charge in [-0.1, -0.05) is 12.1 Å². The smallest absolute Gasteiger partial charge is 0.341 e. The van der Waals surface area contributed by atoms with Crippen LogP contribution in [0.3, 0.4) is 0 Å². The molecular formula is C19H19N3O3S. The lowest BCUT2D eigenvalue weighted by Gasteiger charge is -2.09. The second-order valence-electron chi connectivity index (χ2n) is 5.63. The van der Waals surface area contributed by atoms with Crippen molar-refractivity contribution >= 4 is 28.9 Å². The van der Waals surface area contributed by atoms with Crippen LogP contribution in [0.25, 0.3) is 5.69 Å². The molecule has 0 aliphatic heterocycles. The van der Waals surface area contributed by atoms with Gasteiger partial charge in [-0.15, -0.1) is 11.3 Å². The predicted molar refractivity (Wildman–Crippen MR) is 101 cm³/mol. The number of hydrogen-bond donors (Lipinski definition) is 1. The van der Waals surface area contributed by atoms with E-state index in [1.54, 1.807) is 29.9 Å². The number of ether oxygens (including phenoxy) is 1. The van der Waals surface area contributed by atoms with Gasteiger partial charge in [0.1, 0.15) is 5.56 Å². The molecule has 6 nitrogen and oxygen atoms in total. The molecule has 0 spiro atoms. The molecule has 7 heteroatoms. The number of carbonyl (C=O) groups is 2. The number of aromatic nitrogens is 2. The molecule has 0 unspecified atom stereocenters. The third kappa shape index (κ3) is 4.00. The van der Waals surface area contributed by atoms with Crippen molar-refractivity contribution in [2.45, 2.75) is 20.3 Å². The van der Waals surface area contributed by atoms with Crippen molar-refractivity contribution in [1.29, 1.82) is 0 Å². The van der Waals surface area contributed by atoms with Crippen molar-refractivity contribution in [2.75, 3.05) is 11.9 Å². The molecule has 26 heavy (non-hydrogen) atoms. The van der Waals surface area contributed by atoms with Gasteiger partial charge in [-0.25, -0.2) is 9.48 Å². The molecule has 0 atom stereocenters. The van der Waals surface area contributed by atoms with Gasteiger partial charge in [0.2, 0.25) is 5.91 Å². The first kappa shape index (κ1) is 17.9. The third-order valence-corrected chi connectivity index (χ3v) is 4.67. The molecule has 134 valence electrons. The Bertz CT molecular complexity index is 916. The zero-order valence-electron chi connectivity index (χ0n) is 14.6. The molecule has 0 saturated carbocycles. The minimum Gasteiger partial charge on any atom is -0.462 e. The van der Waals surface area contributed by atoms with E-state index in [0.29, 0.717) is 30.0 Å². The molecule has 0 radical (unpaired) electrons. The fourth-order valence-electron chi connectivity index (χ4n) is 2.57. The standard InChI is InChI=1S/C19H19N3O3S/c1-3-25-19(24)17-12-20-22(13(17)2)15-7-4-6-14(10-15)21-18(23)11-16-8-5-9-26-16/h4-10,12H,3,11H2,1-2H3,(H,21,23). The van der Waals surface area contributed by atoms with Gasteiger partial charge < -0.3 is 10.1 Å². The highest BCUT2D eigenvalue weighted by Crippen LogP contribution is 2.19. The lowest BCUT2D eigenvalue weighted by Crippen LogP contribution is -2.14. The molecule has 1 amide bonds. The quantitative estimate of drug-likeness (QED) is 0.674. The van der Waals surface area contributed by atoms with Gasteiger partial charge in [0, 0.05) is 10.6 Å². The van der Waals surface area contributed by atoms with Crippen LogP contribution >= 0.6 is 11.3 Å². The molecule has 2 heterocycles. The van der Waals surface area contributed by atoms with Crippen LogP contribution in [0.5, 0.6) is 0 Å². The summed E-state index contributed by atoms with van der Waals surface area (Å²) in [5.74, 6) is -0.467. The van der Waals surface area contributed by atoms with Gasteiger partial charge in [-0.3, -0.25) is 4.79 Å². The van der Waals surface area contributed by atoms with Gasteiger partial charge in [0.25, 0.3) is 0 Å². The summed E-state index contributed by atoms with van der Waals surface area (Å²) in [5, 5.41) is 9.12. The van der Waals surface area contributed by atoms with Crippen LogP contribution in [0, 0.1) is 6.92 Å². The number of nitrogens with zero attached hydrogens (tertiary/aromatic N) is 2. The predicted octanol–water partition coefficient (Wildman–Crippen LogP) is 3.60. The number of benzene rings is 1. The van der Waals surface area contributed by atoms with Crippen molar-refractivity contribution in [1.82, 2.24) is 9.78 Å². The second-order valence-corrected chi connectivity index (χ2v) is 6.66. The highest BCUT2D eigenvalue weighted by Gasteiger charge is 2.16. The molecule has 0 bridgehead atoms. The van der Waals surface area contributed by atoms with Crippen LogP contribution in [0.15, 0.2) is 48.0 Å². The molecule has 0 aliphatic carbocycles. The summed E-state index contributed by atoms with van der Waals surface area (Å²) in [7, 11) is 0. The van der Waals surface area contributed by atoms with Crippen LogP contribution in [0.2, 0.25) is 0 Å². The van der Waals surface area contributed by atoms with E-state index < -0.39 is 5.97 Å². The van der Waals surface area contributed by atoms with Crippen LogP contribution in [0.1, 0.15) is 27.9 Å². The highest BCUT2D eigenvalue weighted by molar-refractivity contribution is 7.10. The van der Waals surface area contributed by atoms with Crippen molar-refractivity contribution in [3.8, 4) is 5.69 Å². The molecule has 1 aromatic carbocycles. The maximum Gasteiger partial charge on any atom is 0.341 e. The summed E-state index contributed by atoms with van der Waals surface area (Å²) in [6, 6.07) is 11.2. The number of esters is 1. The molecule has 1 N–H and O–H groups in total. The van der Waals surface area contributed by atoms with Crippen LogP contribution < -0.4 is 5.32 Å². The van der Waals surface area contributed by atoms with Crippen LogP contribution in [0.4, 0.5) is 5.69 Å². The molecule has 0 aliphatic rings. The first-order valence-corrected chi connectivity index (χ1v) is 9.11. The Morgan fingerprint density at radius 1 is 1.27 bits per heavy atom. The number of carbonyl (C=O) groups excluding carboxylic acids is 2. The number of nitrogens with one attached hydrogen (secondary N) is 1. The van der Waals surface area contributed by atoms with Crippen molar-refractivity contribution in [2.24, 2.45) is 0 Å². The Kier molecular flexibility index (Phi) is 5.48. The summed E-state index contributed by atoms with van der Waals surface area (Å²) in [5.41, 5.74) is 2.55. The van der Waals surface area contributed by atoms with Gasteiger partial charge in [0.05, 0.1) is 30.6 Å². The van der Waals surface area contributed by atoms with Crippen molar-refractivity contribution in [3.05, 3.63) is 64.1 Å². The molecule has 0 saturated heterocycles. The topological polar surface area (TPSA) is 73.2 Å². The summed E-state index contributed by atoms with van der Waals surface area (Å²) < 4.78 is 6.69. The average molecular weight is 369 g/mol. The number of thiophene rings is 1. The summed E-state index contributed by atoms with van der Waals surface area (Å²) >= 11 is 1.55. The molecule has 3 rings (SSSR count). The maximum atomic E-state index is 12.2. The summed E-state index contributed by atoms with van der Waals surface area (Å²) in [4.78, 5) is 25.1. The van der Waals surface area contributed by atoms with Crippen molar-refractivity contribution < 1.29 is 14.3 Å². The average Bonchev–Trinajstić information content (AvgIpc) is 3.24. The van der Waals surface area contributed by atoms with E-state index in [9.17, 15) is 9.59 Å². The summed E-state index contributed by atoms with van der Waals surface area (Å²) in [6.45, 7) is 3.89. The zero-order valence-corrected chi connectivity index (χ0v) is 15.4. The number of rotatable bonds is 6. The van der Waals surface area contributed by atoms with E-state index in [2.05, 4.69) is 10.4 Å². The fourth-order valence-corrected chi connectivity index (χ4v) is 3.27. The summed E-state index contributed by atoms with van der Waals surface area (Å²) in [6.07, 6.45) is 1.84. The monoisotopic (exact) mass is 369 g/mol.